The lowest BCUT2D eigenvalue weighted by Gasteiger charge is -2.37. The zero-order valence-corrected chi connectivity index (χ0v) is 11.1. The molecule has 0 radical (unpaired) electrons. The molecule has 3 nitrogen and oxygen atoms in total. The van der Waals surface area contributed by atoms with Crippen LogP contribution in [0, 0.1) is 18.3 Å². The van der Waals surface area contributed by atoms with Crippen LogP contribution in [0.1, 0.15) is 31.7 Å². The van der Waals surface area contributed by atoms with E-state index in [1.54, 1.807) is 0 Å². The van der Waals surface area contributed by atoms with E-state index in [9.17, 15) is 5.26 Å². The molecule has 2 atom stereocenters. The third-order valence-electron chi connectivity index (χ3n) is 3.53. The maximum Gasteiger partial charge on any atom is 0.130 e. The van der Waals surface area contributed by atoms with Crippen LogP contribution in [0.4, 0.5) is 5.69 Å². The highest BCUT2D eigenvalue weighted by atomic mass is 16.5. The van der Waals surface area contributed by atoms with Crippen LogP contribution in [0.3, 0.4) is 0 Å². The van der Waals surface area contributed by atoms with Crippen molar-refractivity contribution in [3.8, 4) is 6.07 Å². The molecule has 1 fully saturated rings. The number of aryl methyl sites for hydroxylation is 1. The van der Waals surface area contributed by atoms with Gasteiger partial charge in [0.1, 0.15) is 5.54 Å². The maximum absolute atomic E-state index is 9.52. The van der Waals surface area contributed by atoms with Crippen LogP contribution >= 0.6 is 0 Å². The van der Waals surface area contributed by atoms with Gasteiger partial charge in [0.2, 0.25) is 0 Å². The zero-order chi connectivity index (χ0) is 13.0. The van der Waals surface area contributed by atoms with Crippen LogP contribution in [0.5, 0.6) is 0 Å². The van der Waals surface area contributed by atoms with Gasteiger partial charge in [0.15, 0.2) is 0 Å². The van der Waals surface area contributed by atoms with E-state index in [1.165, 1.54) is 5.56 Å². The van der Waals surface area contributed by atoms with Crippen LogP contribution in [-0.2, 0) is 4.74 Å². The van der Waals surface area contributed by atoms with E-state index in [0.717, 1.165) is 24.9 Å². The lowest BCUT2D eigenvalue weighted by atomic mass is 9.87. The molecule has 1 aliphatic rings. The SMILES string of the molecule is CCC1CC(C#N)(Nc2cccc(C)c2)CCO1. The van der Waals surface area contributed by atoms with Gasteiger partial charge in [-0.1, -0.05) is 19.1 Å². The van der Waals surface area contributed by atoms with E-state index in [4.69, 9.17) is 4.74 Å². The number of nitriles is 1. The van der Waals surface area contributed by atoms with Gasteiger partial charge in [-0.25, -0.2) is 0 Å². The first-order valence-corrected chi connectivity index (χ1v) is 6.55. The molecule has 1 heterocycles. The highest BCUT2D eigenvalue weighted by molar-refractivity contribution is 5.49. The number of benzene rings is 1. The highest BCUT2D eigenvalue weighted by Gasteiger charge is 2.36. The van der Waals surface area contributed by atoms with Crippen molar-refractivity contribution in [2.45, 2.75) is 44.8 Å². The summed E-state index contributed by atoms with van der Waals surface area (Å²) in [7, 11) is 0. The molecule has 1 saturated heterocycles. The monoisotopic (exact) mass is 244 g/mol. The van der Waals surface area contributed by atoms with Crippen molar-refractivity contribution in [2.75, 3.05) is 11.9 Å². The molecule has 0 amide bonds. The summed E-state index contributed by atoms with van der Waals surface area (Å²) in [5.41, 5.74) is 1.74. The zero-order valence-electron chi connectivity index (χ0n) is 11.1. The molecule has 2 rings (SSSR count). The van der Waals surface area contributed by atoms with Crippen molar-refractivity contribution in [3.05, 3.63) is 29.8 Å². The van der Waals surface area contributed by atoms with Crippen LogP contribution in [0.15, 0.2) is 24.3 Å². The first-order chi connectivity index (χ1) is 8.67. The third kappa shape index (κ3) is 2.83. The lowest BCUT2D eigenvalue weighted by molar-refractivity contribution is -0.00304. The average molecular weight is 244 g/mol. The normalized spacial score (nSPS) is 27.5. The number of ether oxygens (including phenoxy) is 1. The van der Waals surface area contributed by atoms with Gasteiger partial charge in [0, 0.05) is 18.5 Å². The summed E-state index contributed by atoms with van der Waals surface area (Å²) in [6.07, 6.45) is 2.65. The lowest BCUT2D eigenvalue weighted by Crippen LogP contribution is -2.45. The average Bonchev–Trinajstić information content (AvgIpc) is 2.39. The van der Waals surface area contributed by atoms with Gasteiger partial charge in [0.05, 0.1) is 18.8 Å². The van der Waals surface area contributed by atoms with Gasteiger partial charge in [-0.05, 0) is 31.0 Å². The quantitative estimate of drug-likeness (QED) is 0.887. The van der Waals surface area contributed by atoms with Crippen LogP contribution in [0.25, 0.3) is 0 Å². The Labute approximate surface area is 109 Å². The van der Waals surface area contributed by atoms with Crippen molar-refractivity contribution < 1.29 is 4.74 Å². The molecular weight excluding hydrogens is 224 g/mol. The molecule has 0 aliphatic carbocycles. The van der Waals surface area contributed by atoms with Gasteiger partial charge in [-0.3, -0.25) is 0 Å². The Balaban J connectivity index is 2.16. The minimum Gasteiger partial charge on any atom is -0.378 e. The predicted molar refractivity (Wildman–Crippen MR) is 72.4 cm³/mol. The first-order valence-electron chi connectivity index (χ1n) is 6.55. The molecule has 1 N–H and O–H groups in total. The van der Waals surface area contributed by atoms with Crippen molar-refractivity contribution in [3.63, 3.8) is 0 Å². The Morgan fingerprint density at radius 2 is 2.39 bits per heavy atom. The fourth-order valence-corrected chi connectivity index (χ4v) is 2.45. The highest BCUT2D eigenvalue weighted by Crippen LogP contribution is 2.30. The number of rotatable bonds is 3. The number of nitrogens with one attached hydrogen (secondary N) is 1. The van der Waals surface area contributed by atoms with E-state index < -0.39 is 5.54 Å². The summed E-state index contributed by atoms with van der Waals surface area (Å²) < 4.78 is 5.65. The van der Waals surface area contributed by atoms with Crippen LogP contribution in [-0.4, -0.2) is 18.2 Å². The van der Waals surface area contributed by atoms with Crippen molar-refractivity contribution in [2.24, 2.45) is 0 Å². The summed E-state index contributed by atoms with van der Waals surface area (Å²) in [6.45, 7) is 4.82. The Kier molecular flexibility index (Phi) is 3.88. The fraction of sp³-hybridized carbons (Fsp3) is 0.533. The molecule has 0 bridgehead atoms. The van der Waals surface area contributed by atoms with E-state index in [0.29, 0.717) is 6.61 Å². The Morgan fingerprint density at radius 1 is 1.56 bits per heavy atom. The standard InChI is InChI=1S/C15H20N2O/c1-3-14-10-15(11-16,7-8-18-14)17-13-6-4-5-12(2)9-13/h4-6,9,14,17H,3,7-8,10H2,1-2H3. The summed E-state index contributed by atoms with van der Waals surface area (Å²) in [4.78, 5) is 0. The molecule has 18 heavy (non-hydrogen) atoms. The van der Waals surface area contributed by atoms with Gasteiger partial charge in [-0.15, -0.1) is 0 Å². The van der Waals surface area contributed by atoms with Crippen LogP contribution < -0.4 is 5.32 Å². The van der Waals surface area contributed by atoms with Gasteiger partial charge in [-0.2, -0.15) is 5.26 Å². The molecular formula is C15H20N2O. The predicted octanol–water partition coefficient (Wildman–Crippen LogP) is 3.26. The van der Waals surface area contributed by atoms with E-state index in [-0.39, 0.29) is 6.10 Å². The number of hydrogen-bond donors (Lipinski definition) is 1. The smallest absolute Gasteiger partial charge is 0.130 e. The molecule has 2 unspecified atom stereocenters. The Bertz CT molecular complexity index is 452. The topological polar surface area (TPSA) is 45.0 Å². The summed E-state index contributed by atoms with van der Waals surface area (Å²) >= 11 is 0. The second-order valence-corrected chi connectivity index (χ2v) is 5.04. The van der Waals surface area contributed by atoms with Gasteiger partial charge >= 0.3 is 0 Å². The van der Waals surface area contributed by atoms with E-state index in [1.807, 2.05) is 12.1 Å². The van der Waals surface area contributed by atoms with E-state index in [2.05, 4.69) is 37.4 Å². The number of anilines is 1. The minimum absolute atomic E-state index is 0.190. The molecule has 3 heteroatoms. The van der Waals surface area contributed by atoms with Crippen LogP contribution in [0.2, 0.25) is 0 Å². The molecule has 0 saturated carbocycles. The third-order valence-corrected chi connectivity index (χ3v) is 3.53. The van der Waals surface area contributed by atoms with Crippen molar-refractivity contribution in [1.82, 2.24) is 0 Å². The molecule has 1 aromatic carbocycles. The fourth-order valence-electron chi connectivity index (χ4n) is 2.45. The molecule has 1 aliphatic heterocycles. The summed E-state index contributed by atoms with van der Waals surface area (Å²) in [6, 6.07) is 10.6. The van der Waals surface area contributed by atoms with Crippen molar-refractivity contribution >= 4 is 5.69 Å². The second kappa shape index (κ2) is 5.41. The first kappa shape index (κ1) is 12.9. The van der Waals surface area contributed by atoms with Gasteiger partial charge < -0.3 is 10.1 Å². The second-order valence-electron chi connectivity index (χ2n) is 5.04. The minimum atomic E-state index is -0.479. The number of nitrogens with zero attached hydrogens (tertiary/aromatic N) is 1. The summed E-state index contributed by atoms with van der Waals surface area (Å²) in [5, 5.41) is 12.9. The molecule has 0 aromatic heterocycles. The molecule has 96 valence electrons. The van der Waals surface area contributed by atoms with Gasteiger partial charge in [0.25, 0.3) is 0 Å². The van der Waals surface area contributed by atoms with Crippen molar-refractivity contribution in [1.29, 1.82) is 5.26 Å². The van der Waals surface area contributed by atoms with E-state index >= 15 is 0 Å². The maximum atomic E-state index is 9.52. The largest absolute Gasteiger partial charge is 0.378 e. The summed E-state index contributed by atoms with van der Waals surface area (Å²) in [5.74, 6) is 0. The Morgan fingerprint density at radius 3 is 3.06 bits per heavy atom. The number of hydrogen-bond acceptors (Lipinski definition) is 3. The Hall–Kier alpha value is -1.53. The molecule has 0 spiro atoms. The molecule has 1 aromatic rings.